The summed E-state index contributed by atoms with van der Waals surface area (Å²) in [6.45, 7) is 0. The minimum atomic E-state index is -0.660. The molecule has 2 nitrogen and oxygen atoms in total. The van der Waals surface area contributed by atoms with Crippen molar-refractivity contribution >= 4 is 17.7 Å². The first-order chi connectivity index (χ1) is 7.25. The molecule has 0 spiro atoms. The maximum atomic E-state index is 10.5. The van der Waals surface area contributed by atoms with Gasteiger partial charge < -0.3 is 5.11 Å². The zero-order valence-electron chi connectivity index (χ0n) is 8.43. The number of carbonyl (C=O) groups is 1. The van der Waals surface area contributed by atoms with Gasteiger partial charge in [0.05, 0.1) is 0 Å². The molecular formula is C12H14O2S. The number of aliphatic carboxylic acids is 1. The van der Waals surface area contributed by atoms with Gasteiger partial charge in [-0.15, -0.1) is 11.8 Å². The van der Waals surface area contributed by atoms with E-state index in [0.29, 0.717) is 18.3 Å². The molecule has 1 aliphatic carbocycles. The smallest absolute Gasteiger partial charge is 0.303 e. The van der Waals surface area contributed by atoms with Gasteiger partial charge in [0, 0.05) is 17.1 Å². The van der Waals surface area contributed by atoms with Crippen molar-refractivity contribution in [3.8, 4) is 0 Å². The molecule has 0 saturated heterocycles. The van der Waals surface area contributed by atoms with E-state index < -0.39 is 5.97 Å². The predicted molar refractivity (Wildman–Crippen MR) is 61.0 cm³/mol. The van der Waals surface area contributed by atoms with E-state index in [1.807, 2.05) is 30.0 Å². The van der Waals surface area contributed by atoms with Crippen LogP contribution in [0.3, 0.4) is 0 Å². The van der Waals surface area contributed by atoms with Gasteiger partial charge in [0.1, 0.15) is 0 Å². The number of carboxylic acids is 1. The van der Waals surface area contributed by atoms with Gasteiger partial charge in [0.2, 0.25) is 0 Å². The van der Waals surface area contributed by atoms with Crippen LogP contribution in [0.25, 0.3) is 0 Å². The molecule has 0 aliphatic heterocycles. The zero-order valence-corrected chi connectivity index (χ0v) is 9.24. The summed E-state index contributed by atoms with van der Waals surface area (Å²) in [5.41, 5.74) is 0. The van der Waals surface area contributed by atoms with Crippen LogP contribution in [0, 0.1) is 11.8 Å². The minimum absolute atomic E-state index is 0.347. The predicted octanol–water partition coefficient (Wildman–Crippen LogP) is 2.89. The van der Waals surface area contributed by atoms with Crippen molar-refractivity contribution in [2.75, 3.05) is 5.75 Å². The number of hydrogen-bond acceptors (Lipinski definition) is 2. The topological polar surface area (TPSA) is 37.3 Å². The maximum Gasteiger partial charge on any atom is 0.303 e. The Hall–Kier alpha value is -0.960. The fourth-order valence-electron chi connectivity index (χ4n) is 1.71. The highest BCUT2D eigenvalue weighted by Gasteiger charge is 2.38. The van der Waals surface area contributed by atoms with Gasteiger partial charge in [-0.05, 0) is 30.4 Å². The molecule has 1 aliphatic rings. The van der Waals surface area contributed by atoms with Crippen LogP contribution < -0.4 is 0 Å². The Morgan fingerprint density at radius 1 is 1.33 bits per heavy atom. The standard InChI is InChI=1S/C12H14O2S/c13-12(14)7-9-6-10(9)8-15-11-4-2-1-3-5-11/h1-5,9-10H,6-8H2,(H,13,14)/t9-,10-/m0/s1. The Morgan fingerprint density at radius 2 is 2.07 bits per heavy atom. The summed E-state index contributed by atoms with van der Waals surface area (Å²) in [4.78, 5) is 11.7. The number of thioether (sulfide) groups is 1. The van der Waals surface area contributed by atoms with E-state index in [1.165, 1.54) is 4.90 Å². The summed E-state index contributed by atoms with van der Waals surface area (Å²) in [5.74, 6) is 1.44. The number of carboxylic acid groups (broad SMARTS) is 1. The van der Waals surface area contributed by atoms with Gasteiger partial charge in [-0.3, -0.25) is 4.79 Å². The molecule has 1 saturated carbocycles. The van der Waals surface area contributed by atoms with Gasteiger partial charge >= 0.3 is 5.97 Å². The number of rotatable bonds is 5. The van der Waals surface area contributed by atoms with E-state index in [0.717, 1.165) is 12.2 Å². The van der Waals surface area contributed by atoms with Gasteiger partial charge in [0.15, 0.2) is 0 Å². The molecule has 0 bridgehead atoms. The fraction of sp³-hybridized carbons (Fsp3) is 0.417. The van der Waals surface area contributed by atoms with Crippen LogP contribution in [0.15, 0.2) is 35.2 Å². The Kier molecular flexibility index (Phi) is 3.31. The molecular weight excluding hydrogens is 208 g/mol. The quantitative estimate of drug-likeness (QED) is 0.778. The first kappa shape index (κ1) is 10.6. The Bertz CT molecular complexity index is 337. The van der Waals surface area contributed by atoms with Crippen molar-refractivity contribution in [2.24, 2.45) is 11.8 Å². The van der Waals surface area contributed by atoms with Crippen molar-refractivity contribution in [3.05, 3.63) is 30.3 Å². The second-order valence-corrected chi connectivity index (χ2v) is 5.07. The van der Waals surface area contributed by atoms with Crippen LogP contribution in [0.1, 0.15) is 12.8 Å². The van der Waals surface area contributed by atoms with Crippen molar-refractivity contribution < 1.29 is 9.90 Å². The van der Waals surface area contributed by atoms with E-state index in [2.05, 4.69) is 12.1 Å². The molecule has 1 fully saturated rings. The third-order valence-electron chi connectivity index (χ3n) is 2.71. The van der Waals surface area contributed by atoms with Crippen LogP contribution in [0.4, 0.5) is 0 Å². The second kappa shape index (κ2) is 4.71. The van der Waals surface area contributed by atoms with Crippen LogP contribution in [0.2, 0.25) is 0 Å². The normalized spacial score (nSPS) is 23.7. The molecule has 1 aromatic rings. The van der Waals surface area contributed by atoms with E-state index in [1.54, 1.807) is 0 Å². The third kappa shape index (κ3) is 3.27. The lowest BCUT2D eigenvalue weighted by atomic mass is 10.2. The first-order valence-corrected chi connectivity index (χ1v) is 6.14. The van der Waals surface area contributed by atoms with E-state index in [9.17, 15) is 4.79 Å². The summed E-state index contributed by atoms with van der Waals surface area (Å²) in [7, 11) is 0. The molecule has 80 valence electrons. The molecule has 3 heteroatoms. The van der Waals surface area contributed by atoms with Gasteiger partial charge in [-0.2, -0.15) is 0 Å². The number of benzene rings is 1. The maximum absolute atomic E-state index is 10.5. The van der Waals surface area contributed by atoms with Crippen LogP contribution >= 0.6 is 11.8 Å². The fourth-order valence-corrected chi connectivity index (χ4v) is 2.87. The summed E-state index contributed by atoms with van der Waals surface area (Å²) in [6, 6.07) is 10.3. The van der Waals surface area contributed by atoms with Crippen molar-refractivity contribution in [2.45, 2.75) is 17.7 Å². The molecule has 0 unspecified atom stereocenters. The lowest BCUT2D eigenvalue weighted by molar-refractivity contribution is -0.137. The molecule has 2 rings (SSSR count). The van der Waals surface area contributed by atoms with E-state index in [4.69, 9.17) is 5.11 Å². The Balaban J connectivity index is 1.71. The first-order valence-electron chi connectivity index (χ1n) is 5.15. The van der Waals surface area contributed by atoms with E-state index in [-0.39, 0.29) is 0 Å². The summed E-state index contributed by atoms with van der Waals surface area (Å²) in [5, 5.41) is 8.62. The summed E-state index contributed by atoms with van der Waals surface area (Å²) in [6.07, 6.45) is 1.44. The Morgan fingerprint density at radius 3 is 2.73 bits per heavy atom. The highest BCUT2D eigenvalue weighted by molar-refractivity contribution is 7.99. The molecule has 0 amide bonds. The molecule has 2 atom stereocenters. The van der Waals surface area contributed by atoms with Crippen LogP contribution in [-0.4, -0.2) is 16.8 Å². The molecule has 1 aromatic carbocycles. The SMILES string of the molecule is O=C(O)C[C@@H]1C[C@H]1CSc1ccccc1. The van der Waals surface area contributed by atoms with E-state index >= 15 is 0 Å². The lowest BCUT2D eigenvalue weighted by Gasteiger charge is -1.99. The summed E-state index contributed by atoms with van der Waals surface area (Å²) < 4.78 is 0. The summed E-state index contributed by atoms with van der Waals surface area (Å²) >= 11 is 1.83. The highest BCUT2D eigenvalue weighted by Crippen LogP contribution is 2.44. The van der Waals surface area contributed by atoms with Crippen molar-refractivity contribution in [3.63, 3.8) is 0 Å². The zero-order chi connectivity index (χ0) is 10.7. The monoisotopic (exact) mass is 222 g/mol. The largest absolute Gasteiger partial charge is 0.481 e. The van der Waals surface area contributed by atoms with Gasteiger partial charge in [-0.25, -0.2) is 0 Å². The van der Waals surface area contributed by atoms with Gasteiger partial charge in [-0.1, -0.05) is 18.2 Å². The minimum Gasteiger partial charge on any atom is -0.481 e. The molecule has 0 heterocycles. The molecule has 15 heavy (non-hydrogen) atoms. The Labute approximate surface area is 93.7 Å². The van der Waals surface area contributed by atoms with Gasteiger partial charge in [0.25, 0.3) is 0 Å². The van der Waals surface area contributed by atoms with Crippen LogP contribution in [-0.2, 0) is 4.79 Å². The molecule has 1 N–H and O–H groups in total. The molecule has 0 radical (unpaired) electrons. The average Bonchev–Trinajstić information content (AvgIpc) is 2.94. The third-order valence-corrected chi connectivity index (χ3v) is 3.91. The van der Waals surface area contributed by atoms with Crippen molar-refractivity contribution in [1.29, 1.82) is 0 Å². The highest BCUT2D eigenvalue weighted by atomic mass is 32.2. The lowest BCUT2D eigenvalue weighted by Crippen LogP contribution is -1.97. The second-order valence-electron chi connectivity index (χ2n) is 3.98. The average molecular weight is 222 g/mol. The van der Waals surface area contributed by atoms with Crippen LogP contribution in [0.5, 0.6) is 0 Å². The number of hydrogen-bond donors (Lipinski definition) is 1. The van der Waals surface area contributed by atoms with Crippen molar-refractivity contribution in [1.82, 2.24) is 0 Å². The molecule has 0 aromatic heterocycles.